The average Bonchev–Trinajstić information content (AvgIpc) is 3.25. The van der Waals surface area contributed by atoms with Gasteiger partial charge in [0.25, 0.3) is 0 Å². The molecule has 4 amide bonds. The molecule has 1 heterocycles. The molecule has 1 saturated heterocycles. The number of likely N-dealkylation sites (tertiary alicyclic amines) is 1. The van der Waals surface area contributed by atoms with Crippen molar-refractivity contribution in [1.82, 2.24) is 15.5 Å². The van der Waals surface area contributed by atoms with Gasteiger partial charge in [0, 0.05) is 13.0 Å². The van der Waals surface area contributed by atoms with Gasteiger partial charge in [-0.05, 0) is 45.1 Å². The molecule has 4 atom stereocenters. The molecule has 14 nitrogen and oxygen atoms in total. The van der Waals surface area contributed by atoms with Crippen molar-refractivity contribution in [3.8, 4) is 0 Å². The van der Waals surface area contributed by atoms with Crippen molar-refractivity contribution in [2.45, 2.75) is 75.5 Å². The van der Waals surface area contributed by atoms with Crippen molar-refractivity contribution in [3.05, 3.63) is 0 Å². The maximum absolute atomic E-state index is 12.9. The lowest BCUT2D eigenvalue weighted by atomic mass is 10.1. The first-order chi connectivity index (χ1) is 16.0. The molecule has 0 aromatic carbocycles. The molecule has 0 aliphatic carbocycles. The van der Waals surface area contributed by atoms with Crippen molar-refractivity contribution < 1.29 is 39.0 Å². The summed E-state index contributed by atoms with van der Waals surface area (Å²) in [6, 6.07) is -4.78. The van der Waals surface area contributed by atoms with Crippen LogP contribution in [0.4, 0.5) is 0 Å². The molecule has 0 saturated carbocycles. The maximum Gasteiger partial charge on any atom is 0.326 e. The normalized spacial score (nSPS) is 17.9. The minimum Gasteiger partial charge on any atom is -0.481 e. The van der Waals surface area contributed by atoms with Crippen molar-refractivity contribution >= 4 is 35.6 Å². The maximum atomic E-state index is 12.9. The van der Waals surface area contributed by atoms with Crippen LogP contribution in [0.2, 0.25) is 0 Å². The molecule has 0 bridgehead atoms. The SMILES string of the molecule is NCCCCC(NC(=O)C(CC(N)=O)NC(=O)C1CCCN1C(=O)C(N)CCC(=O)O)C(=O)O. The van der Waals surface area contributed by atoms with Crippen molar-refractivity contribution in [1.29, 1.82) is 0 Å². The number of carbonyl (C=O) groups excluding carboxylic acids is 4. The summed E-state index contributed by atoms with van der Waals surface area (Å²) >= 11 is 0. The van der Waals surface area contributed by atoms with Crippen LogP contribution in [0.1, 0.15) is 51.4 Å². The molecular formula is C20H34N6O8. The fourth-order valence-electron chi connectivity index (χ4n) is 3.62. The minimum atomic E-state index is -1.44. The first-order valence-corrected chi connectivity index (χ1v) is 11.1. The Labute approximate surface area is 196 Å². The molecular weight excluding hydrogens is 452 g/mol. The molecule has 1 fully saturated rings. The third-order valence-corrected chi connectivity index (χ3v) is 5.42. The van der Waals surface area contributed by atoms with Gasteiger partial charge in [-0.3, -0.25) is 24.0 Å². The lowest BCUT2D eigenvalue weighted by Crippen LogP contribution is -2.57. The van der Waals surface area contributed by atoms with Crippen LogP contribution in [0, 0.1) is 0 Å². The number of carbonyl (C=O) groups is 6. The van der Waals surface area contributed by atoms with Crippen LogP contribution in [0.5, 0.6) is 0 Å². The largest absolute Gasteiger partial charge is 0.481 e. The van der Waals surface area contributed by atoms with E-state index in [2.05, 4.69) is 10.6 Å². The lowest BCUT2D eigenvalue weighted by molar-refractivity contribution is -0.144. The van der Waals surface area contributed by atoms with E-state index >= 15 is 0 Å². The number of hydrogen-bond donors (Lipinski definition) is 7. The number of nitrogens with two attached hydrogens (primary N) is 3. The van der Waals surface area contributed by atoms with Gasteiger partial charge in [-0.25, -0.2) is 4.79 Å². The second-order valence-corrected chi connectivity index (χ2v) is 8.14. The van der Waals surface area contributed by atoms with E-state index in [-0.39, 0.29) is 32.2 Å². The van der Waals surface area contributed by atoms with Gasteiger partial charge in [-0.15, -0.1) is 0 Å². The highest BCUT2D eigenvalue weighted by atomic mass is 16.4. The molecule has 34 heavy (non-hydrogen) atoms. The smallest absolute Gasteiger partial charge is 0.326 e. The van der Waals surface area contributed by atoms with Crippen LogP contribution >= 0.6 is 0 Å². The van der Waals surface area contributed by atoms with Gasteiger partial charge >= 0.3 is 11.9 Å². The summed E-state index contributed by atoms with van der Waals surface area (Å²) in [6.45, 7) is 0.573. The van der Waals surface area contributed by atoms with E-state index in [0.29, 0.717) is 25.8 Å². The zero-order chi connectivity index (χ0) is 25.8. The monoisotopic (exact) mass is 486 g/mol. The molecule has 1 rings (SSSR count). The number of carboxylic acids is 2. The molecule has 1 aliphatic heterocycles. The summed E-state index contributed by atoms with van der Waals surface area (Å²) in [5, 5.41) is 22.8. The minimum absolute atomic E-state index is 0.105. The lowest BCUT2D eigenvalue weighted by Gasteiger charge is -2.28. The average molecular weight is 487 g/mol. The Kier molecular flexibility index (Phi) is 11.9. The van der Waals surface area contributed by atoms with Crippen LogP contribution in [-0.2, 0) is 28.8 Å². The number of nitrogens with one attached hydrogen (secondary N) is 2. The van der Waals surface area contributed by atoms with E-state index in [4.69, 9.17) is 22.3 Å². The van der Waals surface area contributed by atoms with Gasteiger partial charge in [-0.1, -0.05) is 0 Å². The molecule has 0 spiro atoms. The zero-order valence-electron chi connectivity index (χ0n) is 18.9. The van der Waals surface area contributed by atoms with Crippen molar-refractivity contribution in [2.75, 3.05) is 13.1 Å². The first-order valence-electron chi connectivity index (χ1n) is 11.1. The summed E-state index contributed by atoms with van der Waals surface area (Å²) in [4.78, 5) is 73.0. The third-order valence-electron chi connectivity index (χ3n) is 5.42. The van der Waals surface area contributed by atoms with Crippen LogP contribution in [-0.4, -0.2) is 87.9 Å². The standard InChI is InChI=1S/C20H34N6O8/c21-8-2-1-4-12(20(33)34)24-17(30)13(10-15(23)27)25-18(31)14-5-3-9-26(14)19(32)11(22)6-7-16(28)29/h11-14H,1-10,21-22H2,(H2,23,27)(H,24,30)(H,25,31)(H,28,29)(H,33,34). The van der Waals surface area contributed by atoms with Crippen molar-refractivity contribution in [2.24, 2.45) is 17.2 Å². The Morgan fingerprint density at radius 2 is 1.68 bits per heavy atom. The highest BCUT2D eigenvalue weighted by Gasteiger charge is 2.38. The summed E-state index contributed by atoms with van der Waals surface area (Å²) in [5.41, 5.74) is 16.4. The zero-order valence-corrected chi connectivity index (χ0v) is 18.9. The number of aliphatic carboxylic acids is 2. The van der Waals surface area contributed by atoms with Crippen molar-refractivity contribution in [3.63, 3.8) is 0 Å². The Bertz CT molecular complexity index is 776. The van der Waals surface area contributed by atoms with Gasteiger partial charge in [0.2, 0.25) is 23.6 Å². The number of carboxylic acid groups (broad SMARTS) is 2. The van der Waals surface area contributed by atoms with Crippen LogP contribution < -0.4 is 27.8 Å². The van der Waals surface area contributed by atoms with Gasteiger partial charge in [0.05, 0.1) is 12.5 Å². The molecule has 0 aromatic rings. The summed E-state index contributed by atoms with van der Waals surface area (Å²) < 4.78 is 0. The number of nitrogens with zero attached hydrogens (tertiary/aromatic N) is 1. The van der Waals surface area contributed by atoms with E-state index in [0.717, 1.165) is 0 Å². The Hall–Kier alpha value is -3.26. The molecule has 0 aromatic heterocycles. The van der Waals surface area contributed by atoms with E-state index in [1.54, 1.807) is 0 Å². The predicted molar refractivity (Wildman–Crippen MR) is 118 cm³/mol. The number of primary amides is 1. The van der Waals surface area contributed by atoms with Crippen LogP contribution in [0.15, 0.2) is 0 Å². The van der Waals surface area contributed by atoms with Gasteiger partial charge in [-0.2, -0.15) is 0 Å². The summed E-state index contributed by atoms with van der Waals surface area (Å²) in [6.07, 6.45) is 0.861. The van der Waals surface area contributed by atoms with E-state index in [1.165, 1.54) is 4.90 Å². The summed E-state index contributed by atoms with van der Waals surface area (Å²) in [5.74, 6) is -5.51. The molecule has 1 aliphatic rings. The third kappa shape index (κ3) is 9.31. The molecule has 192 valence electrons. The molecule has 4 unspecified atom stereocenters. The number of unbranched alkanes of at least 4 members (excludes halogenated alkanes) is 1. The quantitative estimate of drug-likeness (QED) is 0.117. The fourth-order valence-corrected chi connectivity index (χ4v) is 3.62. The highest BCUT2D eigenvalue weighted by molar-refractivity contribution is 5.96. The van der Waals surface area contributed by atoms with E-state index in [9.17, 15) is 33.9 Å². The van der Waals surface area contributed by atoms with Crippen LogP contribution in [0.3, 0.4) is 0 Å². The predicted octanol–water partition coefficient (Wildman–Crippen LogP) is -2.77. The number of rotatable bonds is 15. The second-order valence-electron chi connectivity index (χ2n) is 8.14. The first kappa shape index (κ1) is 28.8. The fraction of sp³-hybridized carbons (Fsp3) is 0.700. The summed E-state index contributed by atoms with van der Waals surface area (Å²) in [7, 11) is 0. The Morgan fingerprint density at radius 1 is 1.00 bits per heavy atom. The van der Waals surface area contributed by atoms with Crippen LogP contribution in [0.25, 0.3) is 0 Å². The molecule has 14 heteroatoms. The molecule has 10 N–H and O–H groups in total. The second kappa shape index (κ2) is 14.1. The Balaban J connectivity index is 2.87. The van der Waals surface area contributed by atoms with Gasteiger partial charge < -0.3 is 42.9 Å². The Morgan fingerprint density at radius 3 is 2.24 bits per heavy atom. The van der Waals surface area contributed by atoms with Gasteiger partial charge in [0.1, 0.15) is 18.1 Å². The topological polar surface area (TPSA) is 248 Å². The number of amides is 4. The van der Waals surface area contributed by atoms with Gasteiger partial charge in [0.15, 0.2) is 0 Å². The van der Waals surface area contributed by atoms with E-state index < -0.39 is 66.2 Å². The number of hydrogen-bond acceptors (Lipinski definition) is 8. The highest BCUT2D eigenvalue weighted by Crippen LogP contribution is 2.19. The van der Waals surface area contributed by atoms with E-state index in [1.807, 2.05) is 0 Å². The molecule has 0 radical (unpaired) electrons.